The molecule has 120 valence electrons. The van der Waals surface area contributed by atoms with Crippen molar-refractivity contribution in [2.45, 2.75) is 0 Å². The summed E-state index contributed by atoms with van der Waals surface area (Å²) in [6, 6.07) is 11.3. The maximum atomic E-state index is 12.2. The predicted octanol–water partition coefficient (Wildman–Crippen LogP) is 2.46. The highest BCUT2D eigenvalue weighted by molar-refractivity contribution is 6.32. The van der Waals surface area contributed by atoms with Crippen molar-refractivity contribution in [1.29, 1.82) is 0 Å². The average Bonchev–Trinajstić information content (AvgIpc) is 2.53. The smallest absolute Gasteiger partial charge is 0.255 e. The molecule has 0 fully saturated rings. The third-order valence-electron chi connectivity index (χ3n) is 2.89. The first-order valence-electron chi connectivity index (χ1n) is 6.65. The lowest BCUT2D eigenvalue weighted by atomic mass is 10.2. The summed E-state index contributed by atoms with van der Waals surface area (Å²) in [5, 5.41) is 3.11. The Morgan fingerprint density at radius 2 is 2.00 bits per heavy atom. The minimum Gasteiger partial charge on any atom is -0.495 e. The van der Waals surface area contributed by atoms with Gasteiger partial charge in [0.2, 0.25) is 0 Å². The number of rotatable bonds is 6. The molecule has 0 aliphatic rings. The largest absolute Gasteiger partial charge is 0.495 e. The van der Waals surface area contributed by atoms with Gasteiger partial charge in [0.05, 0.1) is 12.1 Å². The summed E-state index contributed by atoms with van der Waals surface area (Å²) in [4.78, 5) is 22.9. The predicted molar refractivity (Wildman–Crippen MR) is 87.1 cm³/mol. The first kappa shape index (κ1) is 16.6. The fraction of sp³-hybridized carbons (Fsp3) is 0.125. The second-order valence-corrected chi connectivity index (χ2v) is 4.99. The van der Waals surface area contributed by atoms with Crippen LogP contribution in [0.1, 0.15) is 10.4 Å². The standard InChI is InChI=1S/C16H15ClN2O4/c1-22-14-6-5-11(8-13(14)17)19-16(21)10-3-2-4-12(7-10)23-9-15(18)20/h2-8H,9H2,1H3,(H2,18,20)(H,19,21). The normalized spacial score (nSPS) is 10.0. The maximum Gasteiger partial charge on any atom is 0.255 e. The highest BCUT2D eigenvalue weighted by atomic mass is 35.5. The van der Waals surface area contributed by atoms with Crippen molar-refractivity contribution in [3.8, 4) is 11.5 Å². The van der Waals surface area contributed by atoms with Gasteiger partial charge in [-0.3, -0.25) is 9.59 Å². The highest BCUT2D eigenvalue weighted by Gasteiger charge is 2.09. The molecule has 2 amide bonds. The third-order valence-corrected chi connectivity index (χ3v) is 3.18. The topological polar surface area (TPSA) is 90.7 Å². The van der Waals surface area contributed by atoms with E-state index in [-0.39, 0.29) is 12.5 Å². The lowest BCUT2D eigenvalue weighted by Gasteiger charge is -2.09. The molecule has 3 N–H and O–H groups in total. The van der Waals surface area contributed by atoms with Crippen molar-refractivity contribution in [3.63, 3.8) is 0 Å². The van der Waals surface area contributed by atoms with Crippen molar-refractivity contribution in [1.82, 2.24) is 0 Å². The number of anilines is 1. The van der Waals surface area contributed by atoms with Crippen LogP contribution in [0, 0.1) is 0 Å². The Labute approximate surface area is 138 Å². The van der Waals surface area contributed by atoms with E-state index in [9.17, 15) is 9.59 Å². The summed E-state index contributed by atoms with van der Waals surface area (Å²) in [5.74, 6) is -0.0285. The molecule has 0 radical (unpaired) electrons. The number of carbonyl (C=O) groups is 2. The summed E-state index contributed by atoms with van der Waals surface area (Å²) in [6.07, 6.45) is 0. The molecule has 0 unspecified atom stereocenters. The summed E-state index contributed by atoms with van der Waals surface area (Å²) >= 11 is 6.02. The Kier molecular flexibility index (Phi) is 5.43. The van der Waals surface area contributed by atoms with Crippen LogP contribution < -0.4 is 20.5 Å². The van der Waals surface area contributed by atoms with E-state index < -0.39 is 5.91 Å². The van der Waals surface area contributed by atoms with Crippen molar-refractivity contribution < 1.29 is 19.1 Å². The van der Waals surface area contributed by atoms with Gasteiger partial charge >= 0.3 is 0 Å². The van der Waals surface area contributed by atoms with Gasteiger partial charge in [0.15, 0.2) is 6.61 Å². The molecular weight excluding hydrogens is 320 g/mol. The maximum absolute atomic E-state index is 12.2. The van der Waals surface area contributed by atoms with Crippen LogP contribution in [-0.2, 0) is 4.79 Å². The molecule has 2 aromatic rings. The number of nitrogens with one attached hydrogen (secondary N) is 1. The van der Waals surface area contributed by atoms with Crippen LogP contribution in [-0.4, -0.2) is 25.5 Å². The minimum absolute atomic E-state index is 0.251. The molecule has 0 spiro atoms. The van der Waals surface area contributed by atoms with E-state index in [1.54, 1.807) is 36.4 Å². The molecule has 2 rings (SSSR count). The molecule has 6 nitrogen and oxygen atoms in total. The molecule has 2 aromatic carbocycles. The monoisotopic (exact) mass is 334 g/mol. The van der Waals surface area contributed by atoms with Crippen LogP contribution >= 0.6 is 11.6 Å². The number of benzene rings is 2. The number of hydrogen-bond acceptors (Lipinski definition) is 4. The van der Waals surface area contributed by atoms with Gasteiger partial charge in [-0.2, -0.15) is 0 Å². The van der Waals surface area contributed by atoms with Gasteiger partial charge in [-0.05, 0) is 36.4 Å². The van der Waals surface area contributed by atoms with E-state index >= 15 is 0 Å². The van der Waals surface area contributed by atoms with Crippen LogP contribution in [0.2, 0.25) is 5.02 Å². The zero-order valence-electron chi connectivity index (χ0n) is 12.3. The molecule has 23 heavy (non-hydrogen) atoms. The van der Waals surface area contributed by atoms with E-state index in [1.165, 1.54) is 13.2 Å². The summed E-state index contributed by atoms with van der Waals surface area (Å²) in [5.41, 5.74) is 5.92. The molecule has 0 aliphatic carbocycles. The first-order chi connectivity index (χ1) is 11.0. The molecule has 0 atom stereocenters. The molecule has 0 heterocycles. The van der Waals surface area contributed by atoms with E-state index in [0.29, 0.717) is 27.8 Å². The molecular formula is C16H15ClN2O4. The molecule has 7 heteroatoms. The van der Waals surface area contributed by atoms with Crippen LogP contribution in [0.25, 0.3) is 0 Å². The third kappa shape index (κ3) is 4.62. The number of carbonyl (C=O) groups excluding carboxylic acids is 2. The van der Waals surface area contributed by atoms with Gasteiger partial charge in [-0.15, -0.1) is 0 Å². The number of hydrogen-bond donors (Lipinski definition) is 2. The zero-order chi connectivity index (χ0) is 16.8. The summed E-state index contributed by atoms with van der Waals surface area (Å²) < 4.78 is 10.2. The van der Waals surface area contributed by atoms with Crippen LogP contribution in [0.15, 0.2) is 42.5 Å². The van der Waals surface area contributed by atoms with Gasteiger partial charge in [0.1, 0.15) is 11.5 Å². The second kappa shape index (κ2) is 7.51. The number of nitrogens with two attached hydrogens (primary N) is 1. The zero-order valence-corrected chi connectivity index (χ0v) is 13.1. The molecule has 0 saturated heterocycles. The van der Waals surface area contributed by atoms with E-state index in [2.05, 4.69) is 5.32 Å². The van der Waals surface area contributed by atoms with Crippen LogP contribution in [0.4, 0.5) is 5.69 Å². The lowest BCUT2D eigenvalue weighted by Crippen LogP contribution is -2.20. The molecule has 0 aliphatic heterocycles. The van der Waals surface area contributed by atoms with Crippen molar-refractivity contribution in [3.05, 3.63) is 53.1 Å². The fourth-order valence-electron chi connectivity index (χ4n) is 1.83. The van der Waals surface area contributed by atoms with Crippen molar-refractivity contribution >= 4 is 29.1 Å². The Hall–Kier alpha value is -2.73. The van der Waals surface area contributed by atoms with Crippen molar-refractivity contribution in [2.75, 3.05) is 19.0 Å². The van der Waals surface area contributed by atoms with E-state index in [0.717, 1.165) is 0 Å². The summed E-state index contributed by atoms with van der Waals surface area (Å²) in [6.45, 7) is -0.251. The highest BCUT2D eigenvalue weighted by Crippen LogP contribution is 2.27. The van der Waals surface area contributed by atoms with Crippen LogP contribution in [0.3, 0.4) is 0 Å². The SMILES string of the molecule is COc1ccc(NC(=O)c2cccc(OCC(N)=O)c2)cc1Cl. The number of halogens is 1. The van der Waals surface area contributed by atoms with Gasteiger partial charge in [0, 0.05) is 11.3 Å². The van der Waals surface area contributed by atoms with E-state index in [4.69, 9.17) is 26.8 Å². The molecule has 0 aromatic heterocycles. The Bertz CT molecular complexity index is 734. The quantitative estimate of drug-likeness (QED) is 0.849. The number of amides is 2. The number of methoxy groups -OCH3 is 1. The van der Waals surface area contributed by atoms with Gasteiger partial charge in [-0.25, -0.2) is 0 Å². The van der Waals surface area contributed by atoms with Gasteiger partial charge < -0.3 is 20.5 Å². The Morgan fingerprint density at radius 1 is 1.22 bits per heavy atom. The van der Waals surface area contributed by atoms with Gasteiger partial charge in [-0.1, -0.05) is 17.7 Å². The first-order valence-corrected chi connectivity index (χ1v) is 7.03. The Balaban J connectivity index is 2.09. The van der Waals surface area contributed by atoms with E-state index in [1.807, 2.05) is 0 Å². The Morgan fingerprint density at radius 3 is 2.65 bits per heavy atom. The number of primary amides is 1. The lowest BCUT2D eigenvalue weighted by molar-refractivity contribution is -0.119. The molecule has 0 saturated carbocycles. The van der Waals surface area contributed by atoms with Crippen molar-refractivity contribution in [2.24, 2.45) is 5.73 Å². The summed E-state index contributed by atoms with van der Waals surface area (Å²) in [7, 11) is 1.51. The number of ether oxygens (including phenoxy) is 2. The van der Waals surface area contributed by atoms with Crippen LogP contribution in [0.5, 0.6) is 11.5 Å². The fourth-order valence-corrected chi connectivity index (χ4v) is 2.09. The van der Waals surface area contributed by atoms with Gasteiger partial charge in [0.25, 0.3) is 11.8 Å². The average molecular weight is 335 g/mol. The molecule has 0 bridgehead atoms. The minimum atomic E-state index is -0.590. The second-order valence-electron chi connectivity index (χ2n) is 4.59.